The predicted molar refractivity (Wildman–Crippen MR) is 84.0 cm³/mol. The van der Waals surface area contributed by atoms with Crippen LogP contribution in [-0.2, 0) is 4.79 Å². The topological polar surface area (TPSA) is 61.2 Å². The van der Waals surface area contributed by atoms with Crippen LogP contribution >= 0.6 is 0 Å². The number of nitrogens with zero attached hydrogens (tertiary/aromatic N) is 2. The van der Waals surface area contributed by atoms with Crippen molar-refractivity contribution < 1.29 is 9.59 Å². The standard InChI is InChI=1S/C18H20N2O2/c1-17(2)12-18(3,10-14(11-19)15(17)21)20(4)16(22)13-8-6-5-7-9-13/h5-10H,12H2,1-4H3. The van der Waals surface area contributed by atoms with Crippen LogP contribution in [0.2, 0.25) is 0 Å². The first-order valence-corrected chi connectivity index (χ1v) is 7.22. The predicted octanol–water partition coefficient (Wildman–Crippen LogP) is 2.97. The van der Waals surface area contributed by atoms with Gasteiger partial charge in [0.05, 0.1) is 11.1 Å². The number of nitriles is 1. The maximum absolute atomic E-state index is 12.7. The lowest BCUT2D eigenvalue weighted by molar-refractivity contribution is -0.125. The Kier molecular flexibility index (Phi) is 3.93. The molecule has 114 valence electrons. The Labute approximate surface area is 131 Å². The van der Waals surface area contributed by atoms with Crippen LogP contribution < -0.4 is 0 Å². The summed E-state index contributed by atoms with van der Waals surface area (Å²) in [4.78, 5) is 26.5. The van der Waals surface area contributed by atoms with Crippen LogP contribution in [-0.4, -0.2) is 29.2 Å². The summed E-state index contributed by atoms with van der Waals surface area (Å²) >= 11 is 0. The zero-order chi connectivity index (χ0) is 16.5. The van der Waals surface area contributed by atoms with Crippen molar-refractivity contribution in [3.63, 3.8) is 0 Å². The van der Waals surface area contributed by atoms with Crippen molar-refractivity contribution in [2.75, 3.05) is 7.05 Å². The average Bonchev–Trinajstić information content (AvgIpc) is 2.50. The molecule has 0 spiro atoms. The first kappa shape index (κ1) is 16.0. The lowest BCUT2D eigenvalue weighted by atomic mass is 9.68. The minimum absolute atomic E-state index is 0.123. The normalized spacial score (nSPS) is 23.4. The first-order chi connectivity index (χ1) is 10.2. The van der Waals surface area contributed by atoms with Crippen LogP contribution in [0.5, 0.6) is 0 Å². The van der Waals surface area contributed by atoms with Gasteiger partial charge in [0, 0.05) is 18.0 Å². The number of benzene rings is 1. The molecule has 0 radical (unpaired) electrons. The highest BCUT2D eigenvalue weighted by Crippen LogP contribution is 2.40. The molecule has 1 atom stereocenters. The van der Waals surface area contributed by atoms with E-state index in [-0.39, 0.29) is 17.3 Å². The minimum atomic E-state index is -0.671. The Morgan fingerprint density at radius 3 is 2.36 bits per heavy atom. The number of ketones is 1. The van der Waals surface area contributed by atoms with Crippen molar-refractivity contribution in [1.29, 1.82) is 5.26 Å². The number of Topliss-reactive ketones (excluding diaryl/α,β-unsaturated/α-hetero) is 1. The molecular formula is C18H20N2O2. The Morgan fingerprint density at radius 1 is 1.23 bits per heavy atom. The molecule has 0 saturated carbocycles. The Balaban J connectivity index is 2.42. The summed E-state index contributed by atoms with van der Waals surface area (Å²) in [5.74, 6) is -0.283. The fourth-order valence-corrected chi connectivity index (χ4v) is 3.07. The molecule has 1 unspecified atom stereocenters. The fraction of sp³-hybridized carbons (Fsp3) is 0.389. The van der Waals surface area contributed by atoms with Gasteiger partial charge in [0.15, 0.2) is 5.78 Å². The maximum atomic E-state index is 12.7. The van der Waals surface area contributed by atoms with Gasteiger partial charge >= 0.3 is 0 Å². The lowest BCUT2D eigenvalue weighted by Crippen LogP contribution is -2.52. The molecule has 0 bridgehead atoms. The summed E-state index contributed by atoms with van der Waals surface area (Å²) in [6.07, 6.45) is 2.11. The van der Waals surface area contributed by atoms with E-state index in [4.69, 9.17) is 0 Å². The lowest BCUT2D eigenvalue weighted by Gasteiger charge is -2.44. The summed E-state index contributed by atoms with van der Waals surface area (Å²) < 4.78 is 0. The summed E-state index contributed by atoms with van der Waals surface area (Å²) in [5.41, 5.74) is -0.617. The molecule has 0 aliphatic heterocycles. The van der Waals surface area contributed by atoms with Crippen molar-refractivity contribution in [2.45, 2.75) is 32.7 Å². The number of hydrogen-bond acceptors (Lipinski definition) is 3. The van der Waals surface area contributed by atoms with Gasteiger partial charge in [-0.2, -0.15) is 5.26 Å². The van der Waals surface area contributed by atoms with Crippen LogP contribution in [0.1, 0.15) is 37.6 Å². The smallest absolute Gasteiger partial charge is 0.254 e. The zero-order valence-corrected chi connectivity index (χ0v) is 13.4. The number of allylic oxidation sites excluding steroid dienone is 1. The molecule has 2 rings (SSSR count). The molecule has 0 saturated heterocycles. The number of amides is 1. The molecule has 1 aromatic rings. The van der Waals surface area contributed by atoms with Crippen LogP contribution in [0.15, 0.2) is 42.0 Å². The Bertz CT molecular complexity index is 683. The highest BCUT2D eigenvalue weighted by molar-refractivity contribution is 6.04. The van der Waals surface area contributed by atoms with E-state index in [0.717, 1.165) is 0 Å². The summed E-state index contributed by atoms with van der Waals surface area (Å²) in [6.45, 7) is 5.52. The van der Waals surface area contributed by atoms with Crippen molar-refractivity contribution in [3.8, 4) is 6.07 Å². The largest absolute Gasteiger partial charge is 0.333 e. The van der Waals surface area contributed by atoms with Crippen LogP contribution in [0, 0.1) is 16.7 Å². The second-order valence-corrected chi connectivity index (χ2v) is 6.65. The quantitative estimate of drug-likeness (QED) is 0.843. The molecule has 0 fully saturated rings. The van der Waals surface area contributed by atoms with E-state index in [1.165, 1.54) is 0 Å². The molecule has 0 aromatic heterocycles. The molecule has 0 heterocycles. The van der Waals surface area contributed by atoms with Gasteiger partial charge in [-0.15, -0.1) is 0 Å². The van der Waals surface area contributed by atoms with Crippen molar-refractivity contribution in [1.82, 2.24) is 4.90 Å². The highest BCUT2D eigenvalue weighted by Gasteiger charge is 2.45. The van der Waals surface area contributed by atoms with Gasteiger partial charge in [0.25, 0.3) is 5.91 Å². The number of likely N-dealkylation sites (N-methyl/N-ethyl adjacent to an activating group) is 1. The molecule has 4 nitrogen and oxygen atoms in total. The Hall–Kier alpha value is -2.41. The first-order valence-electron chi connectivity index (χ1n) is 7.22. The number of hydrogen-bond donors (Lipinski definition) is 0. The van der Waals surface area contributed by atoms with Crippen LogP contribution in [0.4, 0.5) is 0 Å². The molecule has 1 aromatic carbocycles. The van der Waals surface area contributed by atoms with Crippen LogP contribution in [0.3, 0.4) is 0 Å². The van der Waals surface area contributed by atoms with Gasteiger partial charge in [0.1, 0.15) is 6.07 Å². The van der Waals surface area contributed by atoms with Crippen molar-refractivity contribution in [3.05, 3.63) is 47.5 Å². The van der Waals surface area contributed by atoms with Gasteiger partial charge in [0.2, 0.25) is 0 Å². The maximum Gasteiger partial charge on any atom is 0.254 e. The molecule has 1 aliphatic rings. The number of carbonyl (C=O) groups excluding carboxylic acids is 2. The van der Waals surface area contributed by atoms with E-state index in [1.807, 2.05) is 45.0 Å². The summed E-state index contributed by atoms with van der Waals surface area (Å²) in [5, 5.41) is 9.22. The highest BCUT2D eigenvalue weighted by atomic mass is 16.2. The van der Waals surface area contributed by atoms with Gasteiger partial charge in [-0.25, -0.2) is 0 Å². The monoisotopic (exact) mass is 296 g/mol. The minimum Gasteiger partial charge on any atom is -0.333 e. The fourth-order valence-electron chi connectivity index (χ4n) is 3.07. The molecular weight excluding hydrogens is 276 g/mol. The number of rotatable bonds is 2. The van der Waals surface area contributed by atoms with Gasteiger partial charge in [-0.3, -0.25) is 9.59 Å². The van der Waals surface area contributed by atoms with E-state index >= 15 is 0 Å². The Morgan fingerprint density at radius 2 is 1.82 bits per heavy atom. The molecule has 4 heteroatoms. The summed E-state index contributed by atoms with van der Waals surface area (Å²) in [7, 11) is 1.71. The van der Waals surface area contributed by atoms with Gasteiger partial charge < -0.3 is 4.90 Å². The van der Waals surface area contributed by atoms with Crippen molar-refractivity contribution in [2.24, 2.45) is 5.41 Å². The SMILES string of the molecule is CN(C(=O)c1ccccc1)C1(C)C=C(C#N)C(=O)C(C)(C)C1. The van der Waals surface area contributed by atoms with Crippen molar-refractivity contribution >= 4 is 11.7 Å². The third kappa shape index (κ3) is 2.67. The molecule has 22 heavy (non-hydrogen) atoms. The summed E-state index contributed by atoms with van der Waals surface area (Å²) in [6, 6.07) is 11.0. The third-order valence-electron chi connectivity index (χ3n) is 4.33. The van der Waals surface area contributed by atoms with E-state index in [2.05, 4.69) is 0 Å². The van der Waals surface area contributed by atoms with E-state index in [9.17, 15) is 14.9 Å². The second-order valence-electron chi connectivity index (χ2n) is 6.65. The molecule has 1 amide bonds. The van der Waals surface area contributed by atoms with Gasteiger partial charge in [-0.1, -0.05) is 32.0 Å². The average molecular weight is 296 g/mol. The van der Waals surface area contributed by atoms with E-state index in [0.29, 0.717) is 12.0 Å². The number of carbonyl (C=O) groups is 2. The van der Waals surface area contributed by atoms with E-state index < -0.39 is 11.0 Å². The van der Waals surface area contributed by atoms with Crippen LogP contribution in [0.25, 0.3) is 0 Å². The zero-order valence-electron chi connectivity index (χ0n) is 13.4. The molecule has 0 N–H and O–H groups in total. The van der Waals surface area contributed by atoms with Gasteiger partial charge in [-0.05, 0) is 31.6 Å². The molecule has 1 aliphatic carbocycles. The second kappa shape index (κ2) is 5.42. The van der Waals surface area contributed by atoms with E-state index in [1.54, 1.807) is 30.2 Å². The third-order valence-corrected chi connectivity index (χ3v) is 4.33.